The summed E-state index contributed by atoms with van der Waals surface area (Å²) in [6.45, 7) is 4.76. The van der Waals surface area contributed by atoms with Crippen LogP contribution in [0.1, 0.15) is 17.3 Å². The monoisotopic (exact) mass is 351 g/mol. The van der Waals surface area contributed by atoms with Crippen molar-refractivity contribution in [2.75, 3.05) is 25.2 Å². The Hall–Kier alpha value is -2.87. The summed E-state index contributed by atoms with van der Waals surface area (Å²) in [5.74, 6) is 3.36. The lowest BCUT2D eigenvalue weighted by Gasteiger charge is -2.19. The van der Waals surface area contributed by atoms with Crippen molar-refractivity contribution in [3.8, 4) is 11.5 Å². The van der Waals surface area contributed by atoms with E-state index in [4.69, 9.17) is 4.74 Å². The molecule has 4 heterocycles. The predicted octanol–water partition coefficient (Wildman–Crippen LogP) is 1.65. The van der Waals surface area contributed by atoms with Gasteiger partial charge in [-0.15, -0.1) is 10.2 Å². The highest BCUT2D eigenvalue weighted by atomic mass is 16.5. The molecule has 0 radical (unpaired) electrons. The van der Waals surface area contributed by atoms with Crippen molar-refractivity contribution in [2.24, 2.45) is 0 Å². The van der Waals surface area contributed by atoms with Crippen molar-refractivity contribution in [1.29, 1.82) is 0 Å². The zero-order valence-corrected chi connectivity index (χ0v) is 15.0. The third-order valence-electron chi connectivity index (χ3n) is 4.34. The first-order valence-electron chi connectivity index (χ1n) is 8.67. The fraction of sp³-hybridized carbons (Fsp3) is 0.389. The Labute approximate surface area is 151 Å². The Morgan fingerprint density at radius 3 is 2.96 bits per heavy atom. The number of anilines is 1. The van der Waals surface area contributed by atoms with Crippen LogP contribution in [-0.2, 0) is 24.2 Å². The van der Waals surface area contributed by atoms with Crippen LogP contribution in [0.3, 0.4) is 0 Å². The largest absolute Gasteiger partial charge is 0.379 e. The second-order valence-electron chi connectivity index (χ2n) is 6.31. The van der Waals surface area contributed by atoms with Gasteiger partial charge in [-0.25, -0.2) is 9.97 Å². The van der Waals surface area contributed by atoms with E-state index < -0.39 is 0 Å². The van der Waals surface area contributed by atoms with Crippen LogP contribution in [0.5, 0.6) is 0 Å². The molecule has 0 N–H and O–H groups in total. The number of ether oxygens (including phenoxy) is 1. The molecule has 0 amide bonds. The van der Waals surface area contributed by atoms with Gasteiger partial charge in [0.25, 0.3) is 0 Å². The minimum Gasteiger partial charge on any atom is -0.379 e. The van der Waals surface area contributed by atoms with Gasteiger partial charge in [0, 0.05) is 38.0 Å². The number of pyridine rings is 1. The molecule has 0 bridgehead atoms. The molecule has 3 aromatic heterocycles. The summed E-state index contributed by atoms with van der Waals surface area (Å²) in [6.07, 6.45) is 2.55. The van der Waals surface area contributed by atoms with Crippen LogP contribution in [0.2, 0.25) is 0 Å². The molecule has 1 aliphatic rings. The molecule has 0 spiro atoms. The van der Waals surface area contributed by atoms with E-state index in [-0.39, 0.29) is 0 Å². The van der Waals surface area contributed by atoms with E-state index in [1.165, 1.54) is 0 Å². The van der Waals surface area contributed by atoms with Crippen molar-refractivity contribution >= 4 is 5.82 Å². The van der Waals surface area contributed by atoms with Gasteiger partial charge in [-0.1, -0.05) is 6.07 Å². The van der Waals surface area contributed by atoms with Gasteiger partial charge in [0.15, 0.2) is 11.6 Å². The molecule has 1 aliphatic heterocycles. The minimum absolute atomic E-state index is 0.616. The highest BCUT2D eigenvalue weighted by Crippen LogP contribution is 2.19. The van der Waals surface area contributed by atoms with Gasteiger partial charge in [0.05, 0.1) is 19.8 Å². The van der Waals surface area contributed by atoms with Crippen LogP contribution in [0.4, 0.5) is 5.82 Å². The zero-order chi connectivity index (χ0) is 17.9. The van der Waals surface area contributed by atoms with Gasteiger partial charge in [-0.3, -0.25) is 4.98 Å². The third kappa shape index (κ3) is 3.41. The van der Waals surface area contributed by atoms with E-state index in [9.17, 15) is 0 Å². The molecule has 0 saturated heterocycles. The first kappa shape index (κ1) is 16.6. The average Bonchev–Trinajstić information content (AvgIpc) is 2.88. The summed E-state index contributed by atoms with van der Waals surface area (Å²) in [6, 6.07) is 7.70. The summed E-state index contributed by atoms with van der Waals surface area (Å²) >= 11 is 0. The summed E-state index contributed by atoms with van der Waals surface area (Å²) < 4.78 is 7.68. The second kappa shape index (κ2) is 7.17. The van der Waals surface area contributed by atoms with Gasteiger partial charge in [-0.05, 0) is 19.1 Å². The number of nitrogens with zero attached hydrogens (tertiary/aromatic N) is 7. The molecule has 0 fully saturated rings. The lowest BCUT2D eigenvalue weighted by Crippen LogP contribution is -2.22. The molecule has 0 atom stereocenters. The molecule has 8 nitrogen and oxygen atoms in total. The van der Waals surface area contributed by atoms with Gasteiger partial charge in [0.2, 0.25) is 0 Å². The topological polar surface area (TPSA) is 81.9 Å². The van der Waals surface area contributed by atoms with Gasteiger partial charge in [0.1, 0.15) is 17.3 Å². The normalized spacial score (nSPS) is 13.9. The smallest absolute Gasteiger partial charge is 0.180 e. The Kier molecular flexibility index (Phi) is 4.57. The molecule has 0 aliphatic carbocycles. The fourth-order valence-corrected chi connectivity index (χ4v) is 3.00. The molecule has 134 valence electrons. The van der Waals surface area contributed by atoms with Crippen LogP contribution < -0.4 is 4.90 Å². The maximum atomic E-state index is 5.53. The van der Waals surface area contributed by atoms with Crippen molar-refractivity contribution < 1.29 is 4.74 Å². The Balaban J connectivity index is 1.60. The summed E-state index contributed by atoms with van der Waals surface area (Å²) in [5, 5.41) is 8.68. The SMILES string of the molecule is Cc1cc(N(C)Cc2nnc3n2CCOCC3)nc(-c2ccccn2)n1. The second-order valence-corrected chi connectivity index (χ2v) is 6.31. The average molecular weight is 351 g/mol. The Morgan fingerprint density at radius 1 is 1.19 bits per heavy atom. The third-order valence-corrected chi connectivity index (χ3v) is 4.34. The van der Waals surface area contributed by atoms with Gasteiger partial charge >= 0.3 is 0 Å². The van der Waals surface area contributed by atoms with Gasteiger partial charge < -0.3 is 14.2 Å². The molecule has 0 aromatic carbocycles. The fourth-order valence-electron chi connectivity index (χ4n) is 3.00. The maximum absolute atomic E-state index is 5.53. The highest BCUT2D eigenvalue weighted by molar-refractivity contribution is 5.53. The van der Waals surface area contributed by atoms with Crippen molar-refractivity contribution in [3.63, 3.8) is 0 Å². The molecule has 3 aromatic rings. The molecule has 0 unspecified atom stereocenters. The highest BCUT2D eigenvalue weighted by Gasteiger charge is 2.17. The molecule has 26 heavy (non-hydrogen) atoms. The van der Waals surface area contributed by atoms with Crippen LogP contribution >= 0.6 is 0 Å². The Morgan fingerprint density at radius 2 is 2.12 bits per heavy atom. The maximum Gasteiger partial charge on any atom is 0.180 e. The van der Waals surface area contributed by atoms with Crippen LogP contribution in [0.15, 0.2) is 30.5 Å². The standard InChI is InChI=1S/C18H21N7O/c1-13-11-16(21-18(20-13)14-5-3-4-7-19-14)24(2)12-17-23-22-15-6-9-26-10-8-25(15)17/h3-5,7,11H,6,8-10,12H2,1-2H3. The molecule has 8 heteroatoms. The molecule has 0 saturated carbocycles. The van der Waals surface area contributed by atoms with Crippen LogP contribution in [0, 0.1) is 6.92 Å². The lowest BCUT2D eigenvalue weighted by molar-refractivity contribution is 0.139. The van der Waals surface area contributed by atoms with Crippen LogP contribution in [0.25, 0.3) is 11.5 Å². The van der Waals surface area contributed by atoms with E-state index in [0.717, 1.165) is 41.8 Å². The van der Waals surface area contributed by atoms with Crippen molar-refractivity contribution in [2.45, 2.75) is 26.4 Å². The van der Waals surface area contributed by atoms with E-state index in [1.807, 2.05) is 38.2 Å². The number of fused-ring (bicyclic) bond motifs is 1. The molecule has 4 rings (SSSR count). The van der Waals surface area contributed by atoms with Crippen molar-refractivity contribution in [1.82, 2.24) is 29.7 Å². The van der Waals surface area contributed by atoms with E-state index in [1.54, 1.807) is 6.20 Å². The van der Waals surface area contributed by atoms with E-state index >= 15 is 0 Å². The van der Waals surface area contributed by atoms with Crippen LogP contribution in [-0.4, -0.2) is 50.0 Å². The van der Waals surface area contributed by atoms with Crippen molar-refractivity contribution in [3.05, 3.63) is 47.8 Å². The number of aryl methyl sites for hydroxylation is 1. The van der Waals surface area contributed by atoms with Gasteiger partial charge in [-0.2, -0.15) is 0 Å². The first-order valence-corrected chi connectivity index (χ1v) is 8.67. The summed E-state index contributed by atoms with van der Waals surface area (Å²) in [5.41, 5.74) is 1.66. The number of hydrogen-bond acceptors (Lipinski definition) is 7. The quantitative estimate of drug-likeness (QED) is 0.707. The van der Waals surface area contributed by atoms with E-state index in [0.29, 0.717) is 25.6 Å². The number of hydrogen-bond donors (Lipinski definition) is 0. The van der Waals surface area contributed by atoms with E-state index in [2.05, 4.69) is 34.6 Å². The molecular weight excluding hydrogens is 330 g/mol. The zero-order valence-electron chi connectivity index (χ0n) is 15.0. The predicted molar refractivity (Wildman–Crippen MR) is 96.7 cm³/mol. The summed E-state index contributed by atoms with van der Waals surface area (Å²) in [4.78, 5) is 15.6. The molecular formula is C18H21N7O. The number of aromatic nitrogens is 6. The summed E-state index contributed by atoms with van der Waals surface area (Å²) in [7, 11) is 2.00. The Bertz CT molecular complexity index is 894. The lowest BCUT2D eigenvalue weighted by atomic mass is 10.3. The number of rotatable bonds is 4. The first-order chi connectivity index (χ1) is 12.7. The minimum atomic E-state index is 0.616.